The van der Waals surface area contributed by atoms with E-state index in [4.69, 9.17) is 5.11 Å². The van der Waals surface area contributed by atoms with Gasteiger partial charge < -0.3 is 10.2 Å². The summed E-state index contributed by atoms with van der Waals surface area (Å²) < 4.78 is 0. The zero-order valence-corrected chi connectivity index (χ0v) is 10.9. The molecule has 0 spiro atoms. The van der Waals surface area contributed by atoms with Gasteiger partial charge in [0.05, 0.1) is 0 Å². The van der Waals surface area contributed by atoms with Gasteiger partial charge in [-0.1, -0.05) is 0 Å². The molecule has 0 aromatic rings. The summed E-state index contributed by atoms with van der Waals surface area (Å²) in [7, 11) is 0. The number of hydrogen-bond donors (Lipinski definition) is 1. The van der Waals surface area contributed by atoms with Crippen LogP contribution in [0.5, 0.6) is 0 Å². The maximum Gasteiger partial charge on any atom is 0.0308 e. The Morgan fingerprint density at radius 1 is 1.40 bits per heavy atom. The summed E-state index contributed by atoms with van der Waals surface area (Å²) in [5.74, 6) is -0.879. The van der Waals surface area contributed by atoms with Crippen LogP contribution in [0.1, 0.15) is 0 Å². The second kappa shape index (κ2) is 4.44. The predicted octanol–water partition coefficient (Wildman–Crippen LogP) is 0.444. The Morgan fingerprint density at radius 3 is 2.20 bits per heavy atom. The molecule has 2 nitrogen and oxygen atoms in total. The summed E-state index contributed by atoms with van der Waals surface area (Å²) in [5.41, 5.74) is 0.331. The summed E-state index contributed by atoms with van der Waals surface area (Å²) in [6, 6.07) is 0. The molecular formula is C7H6HgO2-2. The molecule has 0 bridgehead atoms. The van der Waals surface area contributed by atoms with Crippen LogP contribution in [0.25, 0.3) is 0 Å². The van der Waals surface area contributed by atoms with Gasteiger partial charge in [-0.05, 0) is 0 Å². The van der Waals surface area contributed by atoms with Crippen molar-refractivity contribution in [2.45, 2.75) is 0 Å². The van der Waals surface area contributed by atoms with Crippen LogP contribution in [0.2, 0.25) is 0 Å². The monoisotopic (exact) mass is 324 g/mol. The zero-order chi connectivity index (χ0) is 6.69. The maximum absolute atomic E-state index is 10.2. The minimum atomic E-state index is -0.879. The SMILES string of the molecule is [Hg].[O-]C(O)=C1C=C[CH-]C=C1. The maximum atomic E-state index is 10.2. The minimum absolute atomic E-state index is 0. The van der Waals surface area contributed by atoms with Crippen molar-refractivity contribution < 1.29 is 37.9 Å². The van der Waals surface area contributed by atoms with Crippen molar-refractivity contribution in [3.05, 3.63) is 42.2 Å². The third-order valence-corrected chi connectivity index (χ3v) is 1.02. The smallest absolute Gasteiger partial charge is 0.0308 e. The van der Waals surface area contributed by atoms with E-state index in [1.54, 1.807) is 30.7 Å². The van der Waals surface area contributed by atoms with E-state index in [2.05, 4.69) is 0 Å². The molecule has 0 fully saturated rings. The minimum Gasteiger partial charge on any atom is -0.630 e. The van der Waals surface area contributed by atoms with Gasteiger partial charge in [-0.25, -0.2) is 0 Å². The summed E-state index contributed by atoms with van der Waals surface area (Å²) in [6.07, 6.45) is 8.30. The van der Waals surface area contributed by atoms with E-state index in [1.807, 2.05) is 0 Å². The molecule has 50 valence electrons. The Kier molecular flexibility index (Phi) is 4.28. The molecule has 0 amide bonds. The van der Waals surface area contributed by atoms with Crippen molar-refractivity contribution in [2.24, 2.45) is 0 Å². The van der Waals surface area contributed by atoms with Gasteiger partial charge in [0.25, 0.3) is 0 Å². The summed E-state index contributed by atoms with van der Waals surface area (Å²) >= 11 is 0. The molecule has 3 heteroatoms. The molecule has 0 saturated carbocycles. The second-order valence-corrected chi connectivity index (χ2v) is 1.67. The Balaban J connectivity index is 0.000000810. The van der Waals surface area contributed by atoms with Crippen molar-refractivity contribution in [3.63, 3.8) is 0 Å². The first-order valence-corrected chi connectivity index (χ1v) is 2.59. The summed E-state index contributed by atoms with van der Waals surface area (Å²) in [6.45, 7) is 0. The topological polar surface area (TPSA) is 43.3 Å². The fourth-order valence-electron chi connectivity index (χ4n) is 0.581. The molecule has 0 unspecified atom stereocenters. The second-order valence-electron chi connectivity index (χ2n) is 1.67. The molecule has 0 heterocycles. The molecule has 0 aromatic heterocycles. The Hall–Kier alpha value is -0.375. The molecule has 1 N–H and O–H groups in total. The first-order chi connectivity index (χ1) is 4.30. The Bertz CT molecular complexity index is 174. The van der Waals surface area contributed by atoms with Crippen LogP contribution in [0.4, 0.5) is 0 Å². The van der Waals surface area contributed by atoms with Gasteiger partial charge in [-0.3, -0.25) is 0 Å². The van der Waals surface area contributed by atoms with Crippen LogP contribution in [0.15, 0.2) is 35.8 Å². The zero-order valence-electron chi connectivity index (χ0n) is 5.45. The molecule has 1 aliphatic carbocycles. The van der Waals surface area contributed by atoms with Gasteiger partial charge in [-0.15, -0.1) is 5.57 Å². The molecule has 0 saturated heterocycles. The van der Waals surface area contributed by atoms with Crippen LogP contribution in [-0.2, 0) is 27.7 Å². The van der Waals surface area contributed by atoms with Crippen LogP contribution >= 0.6 is 0 Å². The number of aliphatic hydroxyl groups is 1. The van der Waals surface area contributed by atoms with E-state index in [-0.39, 0.29) is 27.7 Å². The van der Waals surface area contributed by atoms with Gasteiger partial charge >= 0.3 is 0 Å². The van der Waals surface area contributed by atoms with Gasteiger partial charge in [0.15, 0.2) is 0 Å². The third-order valence-electron chi connectivity index (χ3n) is 1.02. The Labute approximate surface area is 80.1 Å². The fraction of sp³-hybridized carbons (Fsp3) is 0. The van der Waals surface area contributed by atoms with Crippen molar-refractivity contribution >= 4 is 0 Å². The summed E-state index contributed by atoms with van der Waals surface area (Å²) in [4.78, 5) is 0. The van der Waals surface area contributed by atoms with Gasteiger partial charge in [-0.2, -0.15) is 30.7 Å². The van der Waals surface area contributed by atoms with Gasteiger partial charge in [0, 0.05) is 33.6 Å². The molecule has 0 aromatic carbocycles. The van der Waals surface area contributed by atoms with Crippen molar-refractivity contribution in [3.8, 4) is 0 Å². The van der Waals surface area contributed by atoms with Crippen LogP contribution in [0, 0.1) is 6.42 Å². The van der Waals surface area contributed by atoms with Gasteiger partial charge in [0.1, 0.15) is 0 Å². The standard InChI is InChI=1S/C7H7O2.Hg/c8-7(9)6-4-2-1-3-5-6;/h1-5,8-9H;/q-1;/p-1. The number of aliphatic hydroxyl groups excluding tert-OH is 1. The first kappa shape index (κ1) is 9.63. The molecule has 0 aliphatic heterocycles. The van der Waals surface area contributed by atoms with E-state index in [1.165, 1.54) is 0 Å². The average molecular weight is 323 g/mol. The number of hydrogen-bond acceptors (Lipinski definition) is 2. The van der Waals surface area contributed by atoms with Crippen molar-refractivity contribution in [1.29, 1.82) is 0 Å². The normalized spacial score (nSPS) is 13.8. The number of rotatable bonds is 0. The quantitative estimate of drug-likeness (QED) is 0.400. The molecule has 0 atom stereocenters. The van der Waals surface area contributed by atoms with Crippen LogP contribution < -0.4 is 5.11 Å². The van der Waals surface area contributed by atoms with Gasteiger partial charge in [0.2, 0.25) is 0 Å². The van der Waals surface area contributed by atoms with E-state index in [0.717, 1.165) is 0 Å². The molecule has 0 radical (unpaired) electrons. The van der Waals surface area contributed by atoms with Crippen LogP contribution in [-0.4, -0.2) is 5.11 Å². The third kappa shape index (κ3) is 2.48. The molecular weight excluding hydrogens is 317 g/mol. The van der Waals surface area contributed by atoms with E-state index >= 15 is 0 Å². The van der Waals surface area contributed by atoms with E-state index < -0.39 is 5.95 Å². The van der Waals surface area contributed by atoms with Crippen LogP contribution in [0.3, 0.4) is 0 Å². The fourth-order valence-corrected chi connectivity index (χ4v) is 0.581. The molecule has 1 aliphatic rings. The largest absolute Gasteiger partial charge is 0.630 e. The first-order valence-electron chi connectivity index (χ1n) is 2.59. The summed E-state index contributed by atoms with van der Waals surface area (Å²) in [5, 5.41) is 18.6. The van der Waals surface area contributed by atoms with Crippen molar-refractivity contribution in [1.82, 2.24) is 0 Å². The van der Waals surface area contributed by atoms with E-state index in [0.29, 0.717) is 5.57 Å². The molecule has 1 rings (SSSR count). The Morgan fingerprint density at radius 2 is 1.90 bits per heavy atom. The molecule has 10 heavy (non-hydrogen) atoms. The van der Waals surface area contributed by atoms with Crippen molar-refractivity contribution in [2.75, 3.05) is 0 Å². The predicted molar refractivity (Wildman–Crippen MR) is 32.2 cm³/mol. The average Bonchev–Trinajstić information content (AvgIpc) is 1.90. The number of allylic oxidation sites excluding steroid dienone is 5. The van der Waals surface area contributed by atoms with E-state index in [9.17, 15) is 5.11 Å².